The lowest BCUT2D eigenvalue weighted by molar-refractivity contribution is -0.137. The topological polar surface area (TPSA) is 33.6 Å². The Morgan fingerprint density at radius 2 is 1.64 bits per heavy atom. The summed E-state index contributed by atoms with van der Waals surface area (Å²) < 4.78 is 39.9. The van der Waals surface area contributed by atoms with E-state index in [1.54, 1.807) is 6.20 Å². The number of hydrogen-bond donors (Lipinski definition) is 1. The van der Waals surface area contributed by atoms with Gasteiger partial charge in [-0.1, -0.05) is 18.2 Å². The third-order valence-electron chi connectivity index (χ3n) is 3.72. The van der Waals surface area contributed by atoms with Crippen molar-refractivity contribution in [2.24, 2.45) is 0 Å². The fourth-order valence-corrected chi connectivity index (χ4v) is 2.72. The predicted molar refractivity (Wildman–Crippen MR) is 77.9 cm³/mol. The summed E-state index contributed by atoms with van der Waals surface area (Å²) in [6, 6.07) is 12.8. The molecule has 0 aliphatic rings. The van der Waals surface area contributed by atoms with Gasteiger partial charge in [0.05, 0.1) is 11.1 Å². The molecule has 6 heteroatoms. The number of rotatable bonds is 1. The van der Waals surface area contributed by atoms with Gasteiger partial charge in [0.2, 0.25) is 0 Å². The maximum Gasteiger partial charge on any atom is 0.416 e. The standard InChI is InChI=1S/C16H10F3N3/c17-16(18,19)10-5-7-11(8-6-10)22-14-4-2-1-3-12(14)13-9-20-21-15(13)22/h1-9H,(H,20,21). The number of H-pyrrole nitrogens is 1. The van der Waals surface area contributed by atoms with Crippen molar-refractivity contribution in [1.82, 2.24) is 14.8 Å². The molecular weight excluding hydrogens is 291 g/mol. The van der Waals surface area contributed by atoms with Crippen molar-refractivity contribution in [3.05, 3.63) is 60.3 Å². The van der Waals surface area contributed by atoms with E-state index < -0.39 is 11.7 Å². The second-order valence-electron chi connectivity index (χ2n) is 5.02. The minimum Gasteiger partial charge on any atom is -0.292 e. The highest BCUT2D eigenvalue weighted by Crippen LogP contribution is 2.33. The summed E-state index contributed by atoms with van der Waals surface area (Å²) >= 11 is 0. The molecule has 0 aliphatic carbocycles. The van der Waals surface area contributed by atoms with Crippen LogP contribution in [0.1, 0.15) is 5.56 Å². The highest BCUT2D eigenvalue weighted by Gasteiger charge is 2.30. The summed E-state index contributed by atoms with van der Waals surface area (Å²) in [6.07, 6.45) is -2.54. The van der Waals surface area contributed by atoms with Crippen molar-refractivity contribution in [1.29, 1.82) is 0 Å². The molecule has 0 bridgehead atoms. The summed E-state index contributed by atoms with van der Waals surface area (Å²) in [6.45, 7) is 0. The van der Waals surface area contributed by atoms with Crippen molar-refractivity contribution in [3.63, 3.8) is 0 Å². The lowest BCUT2D eigenvalue weighted by Crippen LogP contribution is -2.05. The monoisotopic (exact) mass is 301 g/mol. The number of hydrogen-bond acceptors (Lipinski definition) is 1. The fourth-order valence-electron chi connectivity index (χ4n) is 2.72. The van der Waals surface area contributed by atoms with E-state index in [0.717, 1.165) is 28.4 Å². The van der Waals surface area contributed by atoms with Crippen LogP contribution in [0.4, 0.5) is 13.2 Å². The van der Waals surface area contributed by atoms with Crippen molar-refractivity contribution < 1.29 is 13.2 Å². The molecule has 0 spiro atoms. The summed E-state index contributed by atoms with van der Waals surface area (Å²) in [5.74, 6) is 0. The maximum absolute atomic E-state index is 12.7. The molecule has 2 aromatic carbocycles. The van der Waals surface area contributed by atoms with Gasteiger partial charge >= 0.3 is 6.18 Å². The minimum atomic E-state index is -4.33. The number of nitrogens with zero attached hydrogens (tertiary/aromatic N) is 2. The van der Waals surface area contributed by atoms with E-state index >= 15 is 0 Å². The van der Waals surface area contributed by atoms with Gasteiger partial charge in [-0.25, -0.2) is 0 Å². The van der Waals surface area contributed by atoms with Crippen LogP contribution >= 0.6 is 0 Å². The van der Waals surface area contributed by atoms with Crippen LogP contribution in [0, 0.1) is 0 Å². The third kappa shape index (κ3) is 1.80. The number of fused-ring (bicyclic) bond motifs is 3. The van der Waals surface area contributed by atoms with E-state index in [2.05, 4.69) is 10.2 Å². The molecular formula is C16H10F3N3. The fraction of sp³-hybridized carbons (Fsp3) is 0.0625. The molecule has 0 aliphatic heterocycles. The molecule has 4 rings (SSSR count). The molecule has 0 fully saturated rings. The Morgan fingerprint density at radius 3 is 2.36 bits per heavy atom. The first-order valence-electron chi connectivity index (χ1n) is 6.66. The van der Waals surface area contributed by atoms with Gasteiger partial charge in [0.1, 0.15) is 0 Å². The van der Waals surface area contributed by atoms with Crippen LogP contribution < -0.4 is 0 Å². The average molecular weight is 301 g/mol. The Morgan fingerprint density at radius 1 is 0.909 bits per heavy atom. The number of aromatic amines is 1. The average Bonchev–Trinajstić information content (AvgIpc) is 3.07. The molecule has 2 heterocycles. The first-order chi connectivity index (χ1) is 10.6. The lowest BCUT2D eigenvalue weighted by atomic mass is 10.2. The van der Waals surface area contributed by atoms with Gasteiger partial charge < -0.3 is 0 Å². The van der Waals surface area contributed by atoms with Crippen LogP contribution in [0.2, 0.25) is 0 Å². The van der Waals surface area contributed by atoms with E-state index in [1.807, 2.05) is 28.8 Å². The van der Waals surface area contributed by atoms with Crippen LogP contribution in [-0.2, 0) is 6.18 Å². The molecule has 0 atom stereocenters. The first kappa shape index (κ1) is 12.9. The molecule has 0 amide bonds. The maximum atomic E-state index is 12.7. The van der Waals surface area contributed by atoms with Gasteiger partial charge in [0.15, 0.2) is 5.65 Å². The van der Waals surface area contributed by atoms with Crippen molar-refractivity contribution in [2.75, 3.05) is 0 Å². The van der Waals surface area contributed by atoms with Crippen LogP contribution in [0.3, 0.4) is 0 Å². The Balaban J connectivity index is 1.98. The van der Waals surface area contributed by atoms with Gasteiger partial charge in [0, 0.05) is 22.7 Å². The Hall–Kier alpha value is -2.76. The predicted octanol–water partition coefficient (Wildman–Crippen LogP) is 4.53. The van der Waals surface area contributed by atoms with E-state index in [4.69, 9.17) is 0 Å². The first-order valence-corrected chi connectivity index (χ1v) is 6.66. The number of nitrogens with one attached hydrogen (secondary N) is 1. The minimum absolute atomic E-state index is 0.645. The summed E-state index contributed by atoms with van der Waals surface area (Å²) in [5.41, 5.74) is 1.59. The molecule has 3 nitrogen and oxygen atoms in total. The number of alkyl halides is 3. The smallest absolute Gasteiger partial charge is 0.292 e. The van der Waals surface area contributed by atoms with Crippen LogP contribution in [0.5, 0.6) is 0 Å². The summed E-state index contributed by atoms with van der Waals surface area (Å²) in [7, 11) is 0. The SMILES string of the molecule is FC(F)(F)c1ccc(-n2c3ccccc3c3c[nH]nc32)cc1. The van der Waals surface area contributed by atoms with Crippen molar-refractivity contribution >= 4 is 21.9 Å². The molecule has 110 valence electrons. The molecule has 1 N–H and O–H groups in total. The highest BCUT2D eigenvalue weighted by atomic mass is 19.4. The van der Waals surface area contributed by atoms with Crippen LogP contribution in [0.25, 0.3) is 27.6 Å². The zero-order chi connectivity index (χ0) is 15.3. The molecule has 22 heavy (non-hydrogen) atoms. The molecule has 2 aromatic heterocycles. The van der Waals surface area contributed by atoms with Crippen molar-refractivity contribution in [2.45, 2.75) is 6.18 Å². The van der Waals surface area contributed by atoms with E-state index in [1.165, 1.54) is 12.1 Å². The molecule has 0 unspecified atom stereocenters. The lowest BCUT2D eigenvalue weighted by Gasteiger charge is -2.09. The highest BCUT2D eigenvalue weighted by molar-refractivity contribution is 6.07. The Labute approximate surface area is 123 Å². The van der Waals surface area contributed by atoms with Crippen LogP contribution in [0.15, 0.2) is 54.7 Å². The quantitative estimate of drug-likeness (QED) is 0.551. The molecule has 4 aromatic rings. The number of halogens is 3. The largest absolute Gasteiger partial charge is 0.416 e. The van der Waals surface area contributed by atoms with E-state index in [-0.39, 0.29) is 0 Å². The molecule has 0 saturated carbocycles. The van der Waals surface area contributed by atoms with Gasteiger partial charge in [0.25, 0.3) is 0 Å². The van der Waals surface area contributed by atoms with Crippen molar-refractivity contribution in [3.8, 4) is 5.69 Å². The Kier molecular flexibility index (Phi) is 2.57. The van der Waals surface area contributed by atoms with Gasteiger partial charge in [-0.3, -0.25) is 9.67 Å². The summed E-state index contributed by atoms with van der Waals surface area (Å²) in [5, 5.41) is 8.97. The molecule has 0 radical (unpaired) electrons. The van der Waals surface area contributed by atoms with Gasteiger partial charge in [-0.15, -0.1) is 0 Å². The van der Waals surface area contributed by atoms with E-state index in [0.29, 0.717) is 11.3 Å². The zero-order valence-electron chi connectivity index (χ0n) is 11.2. The normalized spacial score (nSPS) is 12.3. The van der Waals surface area contributed by atoms with Gasteiger partial charge in [-0.05, 0) is 30.3 Å². The zero-order valence-corrected chi connectivity index (χ0v) is 11.2. The number of para-hydroxylation sites is 1. The van der Waals surface area contributed by atoms with Gasteiger partial charge in [-0.2, -0.15) is 18.3 Å². The number of benzene rings is 2. The van der Waals surface area contributed by atoms with Crippen LogP contribution in [-0.4, -0.2) is 14.8 Å². The van der Waals surface area contributed by atoms with E-state index in [9.17, 15) is 13.2 Å². The second kappa shape index (κ2) is 4.37. The number of aromatic nitrogens is 3. The molecule has 0 saturated heterocycles. The Bertz CT molecular complexity index is 962. The third-order valence-corrected chi connectivity index (χ3v) is 3.72. The summed E-state index contributed by atoms with van der Waals surface area (Å²) in [4.78, 5) is 0. The second-order valence-corrected chi connectivity index (χ2v) is 5.02.